The molecule has 1 amide bonds. The predicted octanol–water partition coefficient (Wildman–Crippen LogP) is 3.60. The topological polar surface area (TPSA) is 29.1 Å². The minimum atomic E-state index is 0.103. The summed E-state index contributed by atoms with van der Waals surface area (Å²) >= 11 is 3.58. The van der Waals surface area contributed by atoms with Crippen molar-refractivity contribution in [1.82, 2.24) is 5.32 Å². The number of rotatable bonds is 6. The fourth-order valence-corrected chi connectivity index (χ4v) is 2.76. The van der Waals surface area contributed by atoms with Crippen molar-refractivity contribution < 1.29 is 4.79 Å². The van der Waals surface area contributed by atoms with Gasteiger partial charge in [0.15, 0.2) is 0 Å². The molecule has 19 heavy (non-hydrogen) atoms. The van der Waals surface area contributed by atoms with E-state index in [4.69, 9.17) is 0 Å². The van der Waals surface area contributed by atoms with Gasteiger partial charge >= 0.3 is 0 Å². The molecule has 0 saturated heterocycles. The van der Waals surface area contributed by atoms with Gasteiger partial charge in [-0.15, -0.1) is 11.8 Å². The van der Waals surface area contributed by atoms with Crippen molar-refractivity contribution >= 4 is 29.4 Å². The predicted molar refractivity (Wildman–Crippen MR) is 87.1 cm³/mol. The Morgan fingerprint density at radius 3 is 2.37 bits per heavy atom. The highest BCUT2D eigenvalue weighted by atomic mass is 32.2. The molecule has 0 saturated carbocycles. The molecule has 0 spiro atoms. The van der Waals surface area contributed by atoms with E-state index in [9.17, 15) is 4.79 Å². The van der Waals surface area contributed by atoms with Gasteiger partial charge in [0, 0.05) is 21.9 Å². The molecule has 0 atom stereocenters. The molecule has 0 radical (unpaired) electrons. The zero-order valence-corrected chi connectivity index (χ0v) is 13.8. The number of hydrogen-bond donors (Lipinski definition) is 1. The summed E-state index contributed by atoms with van der Waals surface area (Å²) in [4.78, 5) is 13.0. The molecule has 0 aliphatic heterocycles. The van der Waals surface area contributed by atoms with Crippen LogP contribution in [0, 0.1) is 0 Å². The molecule has 1 aromatic carbocycles. The van der Waals surface area contributed by atoms with Gasteiger partial charge in [-0.2, -0.15) is 11.8 Å². The summed E-state index contributed by atoms with van der Waals surface area (Å²) in [6.45, 7) is 7.30. The molecule has 0 unspecified atom stereocenters. The lowest BCUT2D eigenvalue weighted by Gasteiger charge is -2.17. The Morgan fingerprint density at radius 2 is 1.84 bits per heavy atom. The third kappa shape index (κ3) is 7.53. The summed E-state index contributed by atoms with van der Waals surface area (Å²) < 4.78 is 0.262. The summed E-state index contributed by atoms with van der Waals surface area (Å²) in [5.74, 6) is 1.06. The minimum Gasteiger partial charge on any atom is -0.355 e. The van der Waals surface area contributed by atoms with Crippen LogP contribution in [0.3, 0.4) is 0 Å². The Labute approximate surface area is 125 Å². The van der Waals surface area contributed by atoms with E-state index in [1.165, 1.54) is 4.90 Å². The van der Waals surface area contributed by atoms with Crippen LogP contribution in [0.5, 0.6) is 0 Å². The first-order valence-corrected chi connectivity index (χ1v) is 8.65. The highest BCUT2D eigenvalue weighted by Gasteiger charge is 2.10. The molecule has 0 aliphatic rings. The fourth-order valence-electron chi connectivity index (χ4n) is 1.54. The number of hydrogen-bond acceptors (Lipinski definition) is 3. The van der Waals surface area contributed by atoms with Crippen molar-refractivity contribution in [2.45, 2.75) is 36.8 Å². The summed E-state index contributed by atoms with van der Waals surface area (Å²) in [7, 11) is 0. The summed E-state index contributed by atoms with van der Waals surface area (Å²) in [5.41, 5.74) is 1.07. The van der Waals surface area contributed by atoms with E-state index in [-0.39, 0.29) is 10.7 Å². The van der Waals surface area contributed by atoms with Gasteiger partial charge < -0.3 is 5.32 Å². The van der Waals surface area contributed by atoms with Gasteiger partial charge in [-0.1, -0.05) is 32.9 Å². The largest absolute Gasteiger partial charge is 0.355 e. The molecule has 0 aromatic heterocycles. The maximum atomic E-state index is 11.8. The van der Waals surface area contributed by atoms with Crippen LogP contribution in [0.15, 0.2) is 29.2 Å². The third-order valence-corrected chi connectivity index (χ3v) is 4.50. The SMILES string of the molecule is CSc1ccc(CC(=O)NCCSC(C)(C)C)cc1. The van der Waals surface area contributed by atoms with Crippen LogP contribution < -0.4 is 5.32 Å². The van der Waals surface area contributed by atoms with E-state index in [1.54, 1.807) is 11.8 Å². The first kappa shape index (κ1) is 16.4. The Kier molecular flexibility index (Phi) is 6.80. The Morgan fingerprint density at radius 1 is 1.21 bits per heavy atom. The van der Waals surface area contributed by atoms with E-state index >= 15 is 0 Å². The lowest BCUT2D eigenvalue weighted by molar-refractivity contribution is -0.120. The summed E-state index contributed by atoms with van der Waals surface area (Å²) in [6.07, 6.45) is 2.52. The number of carbonyl (C=O) groups excluding carboxylic acids is 1. The third-order valence-electron chi connectivity index (χ3n) is 2.48. The van der Waals surface area contributed by atoms with Gasteiger partial charge in [0.05, 0.1) is 6.42 Å². The first-order chi connectivity index (χ1) is 8.90. The molecule has 0 heterocycles. The maximum absolute atomic E-state index is 11.8. The summed E-state index contributed by atoms with van der Waals surface area (Å²) in [6, 6.07) is 8.16. The van der Waals surface area contributed by atoms with Crippen LogP contribution in [-0.4, -0.2) is 29.2 Å². The second-order valence-corrected chi connectivity index (χ2v) is 8.14. The second kappa shape index (κ2) is 7.85. The van der Waals surface area contributed by atoms with Gasteiger partial charge in [-0.3, -0.25) is 4.79 Å². The molecule has 2 nitrogen and oxygen atoms in total. The van der Waals surface area contributed by atoms with Gasteiger partial charge in [-0.25, -0.2) is 0 Å². The molecule has 4 heteroatoms. The van der Waals surface area contributed by atoms with E-state index in [0.29, 0.717) is 6.42 Å². The number of thioether (sulfide) groups is 2. The van der Waals surface area contributed by atoms with E-state index in [1.807, 2.05) is 23.9 Å². The molecular formula is C15H23NOS2. The van der Waals surface area contributed by atoms with Crippen molar-refractivity contribution in [3.05, 3.63) is 29.8 Å². The van der Waals surface area contributed by atoms with Crippen molar-refractivity contribution in [2.24, 2.45) is 0 Å². The molecule has 106 valence electrons. The van der Waals surface area contributed by atoms with E-state index < -0.39 is 0 Å². The van der Waals surface area contributed by atoms with Crippen molar-refractivity contribution in [1.29, 1.82) is 0 Å². The zero-order valence-electron chi connectivity index (χ0n) is 12.2. The standard InChI is InChI=1S/C15H23NOS2/c1-15(2,3)19-10-9-16-14(17)11-12-5-7-13(18-4)8-6-12/h5-8H,9-11H2,1-4H3,(H,16,17). The lowest BCUT2D eigenvalue weighted by atomic mass is 10.1. The Bertz CT molecular complexity index is 396. The van der Waals surface area contributed by atoms with Crippen molar-refractivity contribution in [3.63, 3.8) is 0 Å². The van der Waals surface area contributed by atoms with E-state index in [0.717, 1.165) is 17.9 Å². The molecule has 1 rings (SSSR count). The quantitative estimate of drug-likeness (QED) is 0.642. The normalized spacial score (nSPS) is 11.4. The van der Waals surface area contributed by atoms with Crippen molar-refractivity contribution in [2.75, 3.05) is 18.6 Å². The zero-order chi connectivity index (χ0) is 14.3. The van der Waals surface area contributed by atoms with Crippen LogP contribution >= 0.6 is 23.5 Å². The number of benzene rings is 1. The van der Waals surface area contributed by atoms with Crippen LogP contribution in [0.2, 0.25) is 0 Å². The van der Waals surface area contributed by atoms with E-state index in [2.05, 4.69) is 44.5 Å². The average molecular weight is 297 g/mol. The number of nitrogens with one attached hydrogen (secondary N) is 1. The summed E-state index contributed by atoms with van der Waals surface area (Å²) in [5, 5.41) is 2.97. The monoisotopic (exact) mass is 297 g/mol. The highest BCUT2D eigenvalue weighted by molar-refractivity contribution is 8.00. The molecule has 1 aromatic rings. The van der Waals surface area contributed by atoms with Crippen LogP contribution in [0.1, 0.15) is 26.3 Å². The van der Waals surface area contributed by atoms with Gasteiger partial charge in [-0.05, 0) is 24.0 Å². The van der Waals surface area contributed by atoms with Gasteiger partial charge in [0.2, 0.25) is 5.91 Å². The minimum absolute atomic E-state index is 0.103. The van der Waals surface area contributed by atoms with Crippen molar-refractivity contribution in [3.8, 4) is 0 Å². The first-order valence-electron chi connectivity index (χ1n) is 6.44. The van der Waals surface area contributed by atoms with Crippen LogP contribution in [0.25, 0.3) is 0 Å². The molecule has 0 aliphatic carbocycles. The molecule has 0 fully saturated rings. The van der Waals surface area contributed by atoms with Crippen LogP contribution in [0.4, 0.5) is 0 Å². The Hall–Kier alpha value is -0.610. The second-order valence-electron chi connectivity index (χ2n) is 5.34. The van der Waals surface area contributed by atoms with Gasteiger partial charge in [0.1, 0.15) is 0 Å². The maximum Gasteiger partial charge on any atom is 0.224 e. The number of amides is 1. The molecule has 0 bridgehead atoms. The smallest absolute Gasteiger partial charge is 0.224 e. The van der Waals surface area contributed by atoms with Gasteiger partial charge in [0.25, 0.3) is 0 Å². The molecule has 1 N–H and O–H groups in total. The number of carbonyl (C=O) groups is 1. The molecular weight excluding hydrogens is 274 g/mol. The Balaban J connectivity index is 2.27. The van der Waals surface area contributed by atoms with Crippen LogP contribution in [-0.2, 0) is 11.2 Å². The lowest BCUT2D eigenvalue weighted by Crippen LogP contribution is -2.28. The average Bonchev–Trinajstić information content (AvgIpc) is 2.34. The highest BCUT2D eigenvalue weighted by Crippen LogP contribution is 2.22. The fraction of sp³-hybridized carbons (Fsp3) is 0.533.